The number of carbonyl (C=O) groups is 1. The van der Waals surface area contributed by atoms with Crippen LogP contribution in [0.15, 0.2) is 24.3 Å². The molecule has 1 aromatic carbocycles. The Kier molecular flexibility index (Phi) is 5.08. The number of rotatable bonds is 5. The molecule has 2 rings (SSSR count). The van der Waals surface area contributed by atoms with E-state index in [0.29, 0.717) is 18.2 Å². The number of likely N-dealkylation sites (tertiary alicyclic amines) is 1. The van der Waals surface area contributed by atoms with Gasteiger partial charge in [0.15, 0.2) is 5.78 Å². The van der Waals surface area contributed by atoms with Gasteiger partial charge in [-0.2, -0.15) is 0 Å². The number of nitrogens with zero attached hydrogens (tertiary/aromatic N) is 1. The van der Waals surface area contributed by atoms with Gasteiger partial charge >= 0.3 is 0 Å². The molecule has 19 heavy (non-hydrogen) atoms. The molecule has 1 aliphatic rings. The SMILES string of the molecule is CCCC1CCCCN1CC(=O)c1cccc(F)c1. The largest absolute Gasteiger partial charge is 0.293 e. The predicted octanol–water partition coefficient (Wildman–Crippen LogP) is 3.66. The number of carbonyl (C=O) groups excluding carboxylic acids is 1. The summed E-state index contributed by atoms with van der Waals surface area (Å²) in [6.07, 6.45) is 5.90. The van der Waals surface area contributed by atoms with Gasteiger partial charge in [-0.05, 0) is 37.9 Å². The summed E-state index contributed by atoms with van der Waals surface area (Å²) >= 11 is 0. The van der Waals surface area contributed by atoms with Crippen molar-refractivity contribution >= 4 is 5.78 Å². The summed E-state index contributed by atoms with van der Waals surface area (Å²) in [4.78, 5) is 14.5. The highest BCUT2D eigenvalue weighted by Crippen LogP contribution is 2.21. The summed E-state index contributed by atoms with van der Waals surface area (Å²) in [5.74, 6) is -0.308. The van der Waals surface area contributed by atoms with Crippen LogP contribution in [-0.4, -0.2) is 29.8 Å². The van der Waals surface area contributed by atoms with Crippen molar-refractivity contribution in [1.29, 1.82) is 0 Å². The Morgan fingerprint density at radius 1 is 1.42 bits per heavy atom. The molecule has 0 amide bonds. The van der Waals surface area contributed by atoms with Crippen LogP contribution in [0, 0.1) is 5.82 Å². The highest BCUT2D eigenvalue weighted by Gasteiger charge is 2.23. The molecule has 0 bridgehead atoms. The molecule has 2 nitrogen and oxygen atoms in total. The minimum atomic E-state index is -0.338. The summed E-state index contributed by atoms with van der Waals surface area (Å²) in [5.41, 5.74) is 0.487. The fraction of sp³-hybridized carbons (Fsp3) is 0.562. The topological polar surface area (TPSA) is 20.3 Å². The standard InChI is InChI=1S/C16H22FNO/c1-2-6-15-9-3-4-10-18(15)12-16(19)13-7-5-8-14(17)11-13/h5,7-8,11,15H,2-4,6,9-10,12H2,1H3. The Labute approximate surface area is 114 Å². The molecule has 104 valence electrons. The van der Waals surface area contributed by atoms with Crippen LogP contribution in [0.25, 0.3) is 0 Å². The predicted molar refractivity (Wildman–Crippen MR) is 74.9 cm³/mol. The Morgan fingerprint density at radius 3 is 3.00 bits per heavy atom. The average molecular weight is 263 g/mol. The maximum Gasteiger partial charge on any atom is 0.176 e. The molecule has 0 spiro atoms. The number of halogens is 1. The van der Waals surface area contributed by atoms with Crippen LogP contribution in [0.5, 0.6) is 0 Å². The van der Waals surface area contributed by atoms with Crippen molar-refractivity contribution in [3.05, 3.63) is 35.6 Å². The minimum absolute atomic E-state index is 0.0301. The van der Waals surface area contributed by atoms with Gasteiger partial charge in [-0.25, -0.2) is 4.39 Å². The van der Waals surface area contributed by atoms with E-state index >= 15 is 0 Å². The summed E-state index contributed by atoms with van der Waals surface area (Å²) in [7, 11) is 0. The first-order valence-electron chi connectivity index (χ1n) is 7.23. The molecular weight excluding hydrogens is 241 g/mol. The number of Topliss-reactive ketones (excluding diaryl/α,β-unsaturated/α-hetero) is 1. The maximum absolute atomic E-state index is 13.1. The van der Waals surface area contributed by atoms with Crippen molar-refractivity contribution in [2.24, 2.45) is 0 Å². The first kappa shape index (κ1) is 14.2. The smallest absolute Gasteiger partial charge is 0.176 e. The molecular formula is C16H22FNO. The van der Waals surface area contributed by atoms with E-state index in [1.54, 1.807) is 12.1 Å². The second kappa shape index (κ2) is 6.80. The maximum atomic E-state index is 13.1. The average Bonchev–Trinajstić information content (AvgIpc) is 2.41. The van der Waals surface area contributed by atoms with E-state index in [2.05, 4.69) is 11.8 Å². The third kappa shape index (κ3) is 3.87. The van der Waals surface area contributed by atoms with Gasteiger partial charge in [0.05, 0.1) is 6.54 Å². The van der Waals surface area contributed by atoms with Gasteiger partial charge < -0.3 is 0 Å². The van der Waals surface area contributed by atoms with E-state index < -0.39 is 0 Å². The number of hydrogen-bond donors (Lipinski definition) is 0. The molecule has 1 heterocycles. The quantitative estimate of drug-likeness (QED) is 0.756. The first-order chi connectivity index (χ1) is 9.20. The second-order valence-corrected chi connectivity index (χ2v) is 5.34. The lowest BCUT2D eigenvalue weighted by Crippen LogP contribution is -2.42. The Hall–Kier alpha value is -1.22. The van der Waals surface area contributed by atoms with Crippen molar-refractivity contribution in [3.8, 4) is 0 Å². The van der Waals surface area contributed by atoms with Crippen molar-refractivity contribution in [1.82, 2.24) is 4.90 Å². The van der Waals surface area contributed by atoms with Gasteiger partial charge in [0.25, 0.3) is 0 Å². The van der Waals surface area contributed by atoms with Gasteiger partial charge in [0, 0.05) is 11.6 Å². The third-order valence-corrected chi connectivity index (χ3v) is 3.86. The normalized spacial score (nSPS) is 20.4. The molecule has 0 radical (unpaired) electrons. The van der Waals surface area contributed by atoms with E-state index in [4.69, 9.17) is 0 Å². The number of hydrogen-bond acceptors (Lipinski definition) is 2. The van der Waals surface area contributed by atoms with E-state index in [-0.39, 0.29) is 11.6 Å². The van der Waals surface area contributed by atoms with Gasteiger partial charge in [-0.1, -0.05) is 31.9 Å². The lowest BCUT2D eigenvalue weighted by Gasteiger charge is -2.35. The Morgan fingerprint density at radius 2 is 2.26 bits per heavy atom. The van der Waals surface area contributed by atoms with Crippen LogP contribution in [0.2, 0.25) is 0 Å². The van der Waals surface area contributed by atoms with E-state index in [0.717, 1.165) is 25.8 Å². The summed E-state index contributed by atoms with van der Waals surface area (Å²) in [6, 6.07) is 6.53. The summed E-state index contributed by atoms with van der Waals surface area (Å²) in [5, 5.41) is 0. The van der Waals surface area contributed by atoms with Gasteiger partial charge in [-0.15, -0.1) is 0 Å². The van der Waals surface area contributed by atoms with E-state index in [1.165, 1.54) is 25.0 Å². The highest BCUT2D eigenvalue weighted by atomic mass is 19.1. The van der Waals surface area contributed by atoms with E-state index in [9.17, 15) is 9.18 Å². The fourth-order valence-electron chi connectivity index (χ4n) is 2.87. The van der Waals surface area contributed by atoms with Crippen LogP contribution >= 0.6 is 0 Å². The Balaban J connectivity index is 2.00. The van der Waals surface area contributed by atoms with Gasteiger partial charge in [0.2, 0.25) is 0 Å². The number of piperidine rings is 1. The lowest BCUT2D eigenvalue weighted by molar-refractivity contribution is 0.0830. The fourth-order valence-corrected chi connectivity index (χ4v) is 2.87. The molecule has 3 heteroatoms. The molecule has 1 unspecified atom stereocenters. The van der Waals surface area contributed by atoms with Crippen LogP contribution < -0.4 is 0 Å². The van der Waals surface area contributed by atoms with Crippen molar-refractivity contribution in [2.75, 3.05) is 13.1 Å². The molecule has 1 atom stereocenters. The molecule has 1 saturated heterocycles. The van der Waals surface area contributed by atoms with Crippen LogP contribution in [0.3, 0.4) is 0 Å². The van der Waals surface area contributed by atoms with Crippen LogP contribution in [0.4, 0.5) is 4.39 Å². The first-order valence-corrected chi connectivity index (χ1v) is 7.23. The minimum Gasteiger partial charge on any atom is -0.293 e. The van der Waals surface area contributed by atoms with E-state index in [1.807, 2.05) is 0 Å². The van der Waals surface area contributed by atoms with Gasteiger partial charge in [0.1, 0.15) is 5.82 Å². The second-order valence-electron chi connectivity index (χ2n) is 5.34. The monoisotopic (exact) mass is 263 g/mol. The van der Waals surface area contributed by atoms with Crippen molar-refractivity contribution in [2.45, 2.75) is 45.1 Å². The van der Waals surface area contributed by atoms with Crippen molar-refractivity contribution < 1.29 is 9.18 Å². The molecule has 1 aliphatic heterocycles. The molecule has 1 aromatic rings. The number of ketones is 1. The van der Waals surface area contributed by atoms with Crippen LogP contribution in [-0.2, 0) is 0 Å². The zero-order valence-electron chi connectivity index (χ0n) is 11.6. The van der Waals surface area contributed by atoms with Crippen LogP contribution in [0.1, 0.15) is 49.4 Å². The van der Waals surface area contributed by atoms with Crippen molar-refractivity contribution in [3.63, 3.8) is 0 Å². The highest BCUT2D eigenvalue weighted by molar-refractivity contribution is 5.97. The molecule has 0 aromatic heterocycles. The zero-order chi connectivity index (χ0) is 13.7. The molecule has 0 aliphatic carbocycles. The Bertz CT molecular complexity index is 431. The number of benzene rings is 1. The summed E-state index contributed by atoms with van der Waals surface area (Å²) in [6.45, 7) is 3.60. The third-order valence-electron chi connectivity index (χ3n) is 3.86. The molecule has 1 fully saturated rings. The van der Waals surface area contributed by atoms with Gasteiger partial charge in [-0.3, -0.25) is 9.69 Å². The zero-order valence-corrected chi connectivity index (χ0v) is 11.6. The lowest BCUT2D eigenvalue weighted by atomic mass is 9.97. The molecule has 0 N–H and O–H groups in total. The summed E-state index contributed by atoms with van der Waals surface area (Å²) < 4.78 is 13.1. The molecule has 0 saturated carbocycles.